The number of amides is 2. The summed E-state index contributed by atoms with van der Waals surface area (Å²) in [5.74, 6) is -0.734. The summed E-state index contributed by atoms with van der Waals surface area (Å²) in [5.41, 5.74) is 7.79. The molecule has 0 spiro atoms. The van der Waals surface area contributed by atoms with E-state index in [4.69, 9.17) is 10.5 Å². The molecule has 0 saturated carbocycles. The second kappa shape index (κ2) is 8.66. The Hall–Kier alpha value is -2.90. The van der Waals surface area contributed by atoms with Gasteiger partial charge in [-0.05, 0) is 29.7 Å². The van der Waals surface area contributed by atoms with Crippen LogP contribution in [0.3, 0.4) is 0 Å². The lowest BCUT2D eigenvalue weighted by Crippen LogP contribution is -2.49. The highest BCUT2D eigenvalue weighted by atomic mass is 16.5. The summed E-state index contributed by atoms with van der Waals surface area (Å²) in [6.45, 7) is 0.483. The number of carbonyl (C=O) groups is 2. The lowest BCUT2D eigenvalue weighted by atomic mass is 9.93. The topological polar surface area (TPSA) is 114 Å². The molecule has 1 aliphatic heterocycles. The number of primary amides is 1. The molecule has 0 radical (unpaired) electrons. The molecule has 2 aromatic rings. The number of nitrogens with two attached hydrogens (primary N) is 1. The van der Waals surface area contributed by atoms with Crippen molar-refractivity contribution >= 4 is 11.8 Å². The first-order valence-corrected chi connectivity index (χ1v) is 8.81. The fourth-order valence-corrected chi connectivity index (χ4v) is 3.12. The number of hydrogen-bond donors (Lipinski definition) is 4. The Labute approximate surface area is 157 Å². The molecule has 0 fully saturated rings. The smallest absolute Gasteiger partial charge is 0.255 e. The number of hydrogen-bond acceptors (Lipinski definition) is 5. The standard InChI is InChI=1S/C20H23N3O4/c21-19(25)12-27-18-8-4-3-7-15(18)20(26)23-11-17(24)16-9-13-5-1-2-6-14(13)10-22-16/h1-8,16-17,22,24H,9-12H2,(H2,21,25)(H,23,26). The van der Waals surface area contributed by atoms with Crippen molar-refractivity contribution in [3.05, 3.63) is 65.2 Å². The van der Waals surface area contributed by atoms with Crippen molar-refractivity contribution in [2.45, 2.75) is 25.1 Å². The summed E-state index contributed by atoms with van der Waals surface area (Å²) >= 11 is 0. The molecule has 5 N–H and O–H groups in total. The van der Waals surface area contributed by atoms with Crippen molar-refractivity contribution in [2.24, 2.45) is 5.73 Å². The van der Waals surface area contributed by atoms with E-state index >= 15 is 0 Å². The van der Waals surface area contributed by atoms with Crippen LogP contribution in [-0.2, 0) is 17.8 Å². The van der Waals surface area contributed by atoms with Crippen molar-refractivity contribution in [3.8, 4) is 5.75 Å². The van der Waals surface area contributed by atoms with E-state index in [1.165, 1.54) is 11.1 Å². The Balaban J connectivity index is 1.57. The lowest BCUT2D eigenvalue weighted by Gasteiger charge is -2.30. The first kappa shape index (κ1) is 18.9. The van der Waals surface area contributed by atoms with Crippen LogP contribution in [0.5, 0.6) is 5.75 Å². The van der Waals surface area contributed by atoms with Crippen molar-refractivity contribution < 1.29 is 19.4 Å². The number of aliphatic hydroxyl groups is 1. The molecule has 7 heteroatoms. The number of rotatable bonds is 7. The van der Waals surface area contributed by atoms with Gasteiger partial charge in [-0.25, -0.2) is 0 Å². The molecule has 2 unspecified atom stereocenters. The number of ether oxygens (including phenoxy) is 1. The van der Waals surface area contributed by atoms with Crippen LogP contribution in [0, 0.1) is 0 Å². The van der Waals surface area contributed by atoms with E-state index in [0.29, 0.717) is 13.0 Å². The van der Waals surface area contributed by atoms with Gasteiger partial charge in [-0.2, -0.15) is 0 Å². The van der Waals surface area contributed by atoms with E-state index in [-0.39, 0.29) is 36.4 Å². The minimum Gasteiger partial charge on any atom is -0.483 e. The van der Waals surface area contributed by atoms with Gasteiger partial charge in [0.25, 0.3) is 11.8 Å². The Kier molecular flexibility index (Phi) is 6.05. The van der Waals surface area contributed by atoms with Crippen LogP contribution in [0.15, 0.2) is 48.5 Å². The zero-order chi connectivity index (χ0) is 19.2. The molecule has 1 heterocycles. The highest BCUT2D eigenvalue weighted by Crippen LogP contribution is 2.19. The predicted octanol–water partition coefficient (Wildman–Crippen LogP) is 0.356. The van der Waals surface area contributed by atoms with E-state index in [0.717, 1.165) is 0 Å². The molecular weight excluding hydrogens is 346 g/mol. The van der Waals surface area contributed by atoms with Gasteiger partial charge in [0, 0.05) is 19.1 Å². The number of benzene rings is 2. The summed E-state index contributed by atoms with van der Waals surface area (Å²) in [5, 5.41) is 16.5. The number of para-hydroxylation sites is 1. The summed E-state index contributed by atoms with van der Waals surface area (Å²) in [6.07, 6.45) is -0.0353. The van der Waals surface area contributed by atoms with Crippen LogP contribution < -0.4 is 21.1 Å². The number of aliphatic hydroxyl groups excluding tert-OH is 1. The molecule has 0 saturated heterocycles. The van der Waals surface area contributed by atoms with Crippen molar-refractivity contribution in [3.63, 3.8) is 0 Å². The zero-order valence-corrected chi connectivity index (χ0v) is 14.9. The summed E-state index contributed by atoms with van der Waals surface area (Å²) < 4.78 is 5.27. The first-order valence-electron chi connectivity index (χ1n) is 8.81. The molecule has 2 amide bonds. The van der Waals surface area contributed by atoms with E-state index in [2.05, 4.69) is 22.8 Å². The Morgan fingerprint density at radius 1 is 1.19 bits per heavy atom. The molecule has 0 aromatic heterocycles. The van der Waals surface area contributed by atoms with Crippen LogP contribution in [-0.4, -0.2) is 42.2 Å². The predicted molar refractivity (Wildman–Crippen MR) is 100 cm³/mol. The van der Waals surface area contributed by atoms with Crippen LogP contribution in [0.2, 0.25) is 0 Å². The van der Waals surface area contributed by atoms with Gasteiger partial charge in [-0.1, -0.05) is 36.4 Å². The fraction of sp³-hybridized carbons (Fsp3) is 0.300. The molecule has 2 atom stereocenters. The van der Waals surface area contributed by atoms with E-state index in [1.54, 1.807) is 24.3 Å². The molecule has 142 valence electrons. The second-order valence-corrected chi connectivity index (χ2v) is 6.49. The van der Waals surface area contributed by atoms with E-state index in [9.17, 15) is 14.7 Å². The summed E-state index contributed by atoms with van der Waals surface area (Å²) in [6, 6.07) is 14.5. The average molecular weight is 369 g/mol. The van der Waals surface area contributed by atoms with Gasteiger partial charge in [0.05, 0.1) is 11.7 Å². The van der Waals surface area contributed by atoms with Gasteiger partial charge in [0.1, 0.15) is 5.75 Å². The number of fused-ring (bicyclic) bond motifs is 1. The lowest BCUT2D eigenvalue weighted by molar-refractivity contribution is -0.119. The monoisotopic (exact) mass is 369 g/mol. The Bertz CT molecular complexity index is 824. The van der Waals surface area contributed by atoms with Gasteiger partial charge in [0.15, 0.2) is 6.61 Å². The quantitative estimate of drug-likeness (QED) is 0.563. The van der Waals surface area contributed by atoms with Crippen molar-refractivity contribution in [1.29, 1.82) is 0 Å². The van der Waals surface area contributed by atoms with Crippen molar-refractivity contribution in [1.82, 2.24) is 10.6 Å². The molecule has 1 aliphatic rings. The van der Waals surface area contributed by atoms with E-state index < -0.39 is 12.0 Å². The van der Waals surface area contributed by atoms with Gasteiger partial charge in [-0.15, -0.1) is 0 Å². The third-order valence-electron chi connectivity index (χ3n) is 4.55. The normalized spacial score (nSPS) is 16.9. The van der Waals surface area contributed by atoms with Crippen LogP contribution >= 0.6 is 0 Å². The van der Waals surface area contributed by atoms with Crippen molar-refractivity contribution in [2.75, 3.05) is 13.2 Å². The fourth-order valence-electron chi connectivity index (χ4n) is 3.12. The van der Waals surface area contributed by atoms with Gasteiger partial charge >= 0.3 is 0 Å². The SMILES string of the molecule is NC(=O)COc1ccccc1C(=O)NCC(O)C1Cc2ccccc2CN1. The van der Waals surface area contributed by atoms with Gasteiger partial charge in [-0.3, -0.25) is 9.59 Å². The molecule has 3 rings (SSSR count). The highest BCUT2D eigenvalue weighted by molar-refractivity contribution is 5.97. The third kappa shape index (κ3) is 4.84. The zero-order valence-electron chi connectivity index (χ0n) is 14.9. The second-order valence-electron chi connectivity index (χ2n) is 6.49. The minimum absolute atomic E-state index is 0.100. The van der Waals surface area contributed by atoms with E-state index in [1.807, 2.05) is 12.1 Å². The minimum atomic E-state index is -0.735. The molecule has 27 heavy (non-hydrogen) atoms. The molecule has 0 bridgehead atoms. The van der Waals surface area contributed by atoms with Crippen LogP contribution in [0.1, 0.15) is 21.5 Å². The first-order chi connectivity index (χ1) is 13.0. The molecule has 0 aliphatic carbocycles. The maximum atomic E-state index is 12.5. The molecule has 7 nitrogen and oxygen atoms in total. The van der Waals surface area contributed by atoms with Crippen LogP contribution in [0.4, 0.5) is 0 Å². The van der Waals surface area contributed by atoms with Gasteiger partial charge in [0.2, 0.25) is 0 Å². The number of nitrogens with one attached hydrogen (secondary N) is 2. The largest absolute Gasteiger partial charge is 0.483 e. The maximum Gasteiger partial charge on any atom is 0.255 e. The number of carbonyl (C=O) groups excluding carboxylic acids is 2. The summed E-state index contributed by atoms with van der Waals surface area (Å²) in [7, 11) is 0. The summed E-state index contributed by atoms with van der Waals surface area (Å²) in [4.78, 5) is 23.3. The highest BCUT2D eigenvalue weighted by Gasteiger charge is 2.25. The van der Waals surface area contributed by atoms with Gasteiger partial charge < -0.3 is 26.2 Å². The van der Waals surface area contributed by atoms with Crippen LogP contribution in [0.25, 0.3) is 0 Å². The Morgan fingerprint density at radius 3 is 2.67 bits per heavy atom. The third-order valence-corrected chi connectivity index (χ3v) is 4.55. The average Bonchev–Trinajstić information content (AvgIpc) is 2.70. The molecule has 2 aromatic carbocycles. The maximum absolute atomic E-state index is 12.5. The molecular formula is C20H23N3O4. The Morgan fingerprint density at radius 2 is 1.89 bits per heavy atom.